The second kappa shape index (κ2) is 47.0. The molecule has 0 saturated carbocycles. The molecule has 9 heteroatoms. The van der Waals surface area contributed by atoms with Gasteiger partial charge in [-0.2, -0.15) is 0 Å². The predicted octanol–water partition coefficient (Wildman–Crippen LogP) is 15.5. The molecule has 1 amide bonds. The maximum absolute atomic E-state index is 13.8. The molecule has 1 fully saturated rings. The number of ketones is 1. The predicted molar refractivity (Wildman–Crippen MR) is 292 cm³/mol. The second-order valence-electron chi connectivity index (χ2n) is 21.6. The average Bonchev–Trinajstić information content (AvgIpc) is 3.34. The van der Waals surface area contributed by atoms with Crippen LogP contribution in [0.5, 0.6) is 0 Å². The lowest BCUT2D eigenvalue weighted by Gasteiger charge is -2.33. The molecule has 0 aromatic heterocycles. The molecule has 1 aliphatic heterocycles. The summed E-state index contributed by atoms with van der Waals surface area (Å²) in [5, 5.41) is 0. The second-order valence-corrected chi connectivity index (χ2v) is 21.6. The lowest BCUT2D eigenvalue weighted by Crippen LogP contribution is -2.39. The molecular formula is C60H115N3O6. The van der Waals surface area contributed by atoms with Crippen LogP contribution in [0.25, 0.3) is 0 Å². The third kappa shape index (κ3) is 38.3. The fourth-order valence-corrected chi connectivity index (χ4v) is 10.2. The number of unbranched alkanes of at least 4 members (excludes halogenated alkanes) is 20. The Kier molecular flexibility index (Phi) is 44.3. The van der Waals surface area contributed by atoms with E-state index in [0.29, 0.717) is 74.9 Å². The highest BCUT2D eigenvalue weighted by Gasteiger charge is 2.26. The summed E-state index contributed by atoms with van der Waals surface area (Å²) in [6, 6.07) is 0. The Morgan fingerprint density at radius 3 is 1.41 bits per heavy atom. The quantitative estimate of drug-likeness (QED) is 0.0439. The zero-order valence-corrected chi connectivity index (χ0v) is 46.8. The molecule has 69 heavy (non-hydrogen) atoms. The molecule has 0 N–H and O–H groups in total. The molecule has 2 atom stereocenters. The summed E-state index contributed by atoms with van der Waals surface area (Å²) in [5.74, 6) is 2.06. The van der Waals surface area contributed by atoms with Crippen LogP contribution in [-0.2, 0) is 28.7 Å². The monoisotopic (exact) mass is 974 g/mol. The van der Waals surface area contributed by atoms with Gasteiger partial charge in [-0.15, -0.1) is 0 Å². The molecule has 0 spiro atoms. The van der Waals surface area contributed by atoms with Crippen molar-refractivity contribution in [2.45, 2.75) is 279 Å². The van der Waals surface area contributed by atoms with Crippen molar-refractivity contribution in [3.8, 4) is 0 Å². The summed E-state index contributed by atoms with van der Waals surface area (Å²) in [6.45, 7) is 21.4. The molecule has 0 bridgehead atoms. The smallest absolute Gasteiger partial charge is 0.305 e. The summed E-state index contributed by atoms with van der Waals surface area (Å²) in [6.07, 6.45) is 40.9. The fraction of sp³-hybridized carbons (Fsp3) is 0.933. The maximum Gasteiger partial charge on any atom is 0.305 e. The average molecular weight is 975 g/mol. The Bertz CT molecular complexity index is 1210. The van der Waals surface area contributed by atoms with Crippen LogP contribution in [-0.4, -0.2) is 104 Å². The number of likely N-dealkylation sites (tertiary alicyclic amines) is 1. The van der Waals surface area contributed by atoms with Gasteiger partial charge < -0.3 is 19.3 Å². The van der Waals surface area contributed by atoms with E-state index in [4.69, 9.17) is 9.47 Å². The number of carbonyl (C=O) groups is 4. The van der Waals surface area contributed by atoms with Gasteiger partial charge in [0.25, 0.3) is 0 Å². The van der Waals surface area contributed by atoms with Gasteiger partial charge in [0.15, 0.2) is 0 Å². The first kappa shape index (κ1) is 65.0. The third-order valence-corrected chi connectivity index (χ3v) is 15.2. The van der Waals surface area contributed by atoms with Crippen molar-refractivity contribution >= 4 is 23.6 Å². The normalized spacial score (nSPS) is 14.2. The zero-order valence-electron chi connectivity index (χ0n) is 46.8. The van der Waals surface area contributed by atoms with Crippen LogP contribution in [0.2, 0.25) is 0 Å². The van der Waals surface area contributed by atoms with E-state index >= 15 is 0 Å². The highest BCUT2D eigenvalue weighted by atomic mass is 16.5. The molecule has 406 valence electrons. The summed E-state index contributed by atoms with van der Waals surface area (Å²) < 4.78 is 10.9. The third-order valence-electron chi connectivity index (χ3n) is 15.2. The number of carbonyl (C=O) groups excluding carboxylic acids is 4. The molecular weight excluding hydrogens is 859 g/mol. The van der Waals surface area contributed by atoms with Crippen LogP contribution in [0.1, 0.15) is 279 Å². The van der Waals surface area contributed by atoms with Crippen molar-refractivity contribution in [3.05, 3.63) is 0 Å². The van der Waals surface area contributed by atoms with Gasteiger partial charge in [-0.05, 0) is 121 Å². The van der Waals surface area contributed by atoms with Crippen LogP contribution in [0.15, 0.2) is 0 Å². The standard InChI is InChI=1S/C60H115N3O6/c1-7-12-17-20-23-26-29-34-56(54(6)41-48-61(44-30-27-24-21-18-13-8-2)46-32-35-59(66)68-51-15-10-4)38-40-58(65)63-49-42-55(43-50-63)37-39-57(64)53-62(45-31-28-25-22-19-14-9-3)47-33-36-60(67)69-52-16-11-5/h54-56H,7-53H2,1-6H3. The van der Waals surface area contributed by atoms with E-state index in [0.717, 1.165) is 123 Å². The number of rotatable bonds is 50. The number of hydrogen-bond donors (Lipinski definition) is 0. The van der Waals surface area contributed by atoms with Crippen LogP contribution in [0.4, 0.5) is 0 Å². The number of amides is 1. The van der Waals surface area contributed by atoms with E-state index in [1.165, 1.54) is 135 Å². The zero-order chi connectivity index (χ0) is 50.4. The van der Waals surface area contributed by atoms with Gasteiger partial charge in [0.05, 0.1) is 19.8 Å². The topological polar surface area (TPSA) is 96.5 Å². The first-order valence-corrected chi connectivity index (χ1v) is 30.2. The van der Waals surface area contributed by atoms with Crippen molar-refractivity contribution in [2.24, 2.45) is 17.8 Å². The molecule has 0 aliphatic carbocycles. The highest BCUT2D eigenvalue weighted by molar-refractivity contribution is 5.80. The first-order chi connectivity index (χ1) is 33.7. The van der Waals surface area contributed by atoms with Gasteiger partial charge in [-0.3, -0.25) is 24.1 Å². The summed E-state index contributed by atoms with van der Waals surface area (Å²) in [4.78, 5) is 58.9. The summed E-state index contributed by atoms with van der Waals surface area (Å²) in [7, 11) is 0. The highest BCUT2D eigenvalue weighted by Crippen LogP contribution is 2.29. The molecule has 1 heterocycles. The fourth-order valence-electron chi connectivity index (χ4n) is 10.2. The van der Waals surface area contributed by atoms with E-state index in [2.05, 4.69) is 56.2 Å². The van der Waals surface area contributed by atoms with Crippen molar-refractivity contribution in [1.29, 1.82) is 0 Å². The van der Waals surface area contributed by atoms with Gasteiger partial charge >= 0.3 is 11.9 Å². The van der Waals surface area contributed by atoms with Crippen LogP contribution >= 0.6 is 0 Å². The van der Waals surface area contributed by atoms with Crippen molar-refractivity contribution in [1.82, 2.24) is 14.7 Å². The van der Waals surface area contributed by atoms with Crippen molar-refractivity contribution in [2.75, 3.05) is 65.6 Å². The van der Waals surface area contributed by atoms with Crippen molar-refractivity contribution in [3.63, 3.8) is 0 Å². The van der Waals surface area contributed by atoms with Crippen LogP contribution in [0.3, 0.4) is 0 Å². The molecule has 1 aliphatic rings. The van der Waals surface area contributed by atoms with E-state index < -0.39 is 0 Å². The molecule has 0 aromatic carbocycles. The number of piperidine rings is 1. The van der Waals surface area contributed by atoms with Gasteiger partial charge in [-0.1, -0.05) is 183 Å². The minimum Gasteiger partial charge on any atom is -0.466 e. The number of Topliss-reactive ketones (excluding diaryl/α,β-unsaturated/α-hetero) is 1. The largest absolute Gasteiger partial charge is 0.466 e. The summed E-state index contributed by atoms with van der Waals surface area (Å²) in [5.41, 5.74) is 0. The molecule has 9 nitrogen and oxygen atoms in total. The number of hydrogen-bond acceptors (Lipinski definition) is 8. The Labute approximate surface area is 427 Å². The molecule has 0 radical (unpaired) electrons. The van der Waals surface area contributed by atoms with Crippen molar-refractivity contribution < 1.29 is 28.7 Å². The minimum absolute atomic E-state index is 0.0512. The van der Waals surface area contributed by atoms with E-state index in [1.807, 2.05) is 0 Å². The lowest BCUT2D eigenvalue weighted by atomic mass is 9.83. The minimum atomic E-state index is -0.119. The van der Waals surface area contributed by atoms with Gasteiger partial charge in [0, 0.05) is 38.8 Å². The van der Waals surface area contributed by atoms with E-state index in [9.17, 15) is 19.2 Å². The Morgan fingerprint density at radius 1 is 0.464 bits per heavy atom. The van der Waals surface area contributed by atoms with Gasteiger partial charge in [0.1, 0.15) is 5.78 Å². The van der Waals surface area contributed by atoms with Crippen LogP contribution in [0, 0.1) is 17.8 Å². The number of nitrogens with zero attached hydrogens (tertiary/aromatic N) is 3. The Balaban J connectivity index is 2.73. The van der Waals surface area contributed by atoms with E-state index in [1.54, 1.807) is 0 Å². The first-order valence-electron chi connectivity index (χ1n) is 30.2. The lowest BCUT2D eigenvalue weighted by molar-refractivity contribution is -0.144. The van der Waals surface area contributed by atoms with Gasteiger partial charge in [-0.25, -0.2) is 0 Å². The Hall–Kier alpha value is -2.00. The molecule has 0 aromatic rings. The molecule has 1 rings (SSSR count). The van der Waals surface area contributed by atoms with Gasteiger partial charge in [0.2, 0.25) is 5.91 Å². The van der Waals surface area contributed by atoms with E-state index in [-0.39, 0.29) is 11.9 Å². The van der Waals surface area contributed by atoms with Crippen LogP contribution < -0.4 is 0 Å². The SMILES string of the molecule is CCCCCCCCCC(CCC(=O)N1CCC(CCC(=O)CN(CCCCCCCCC)CCCC(=O)OCCCC)CC1)C(C)CCN(CCCCCCCCC)CCCC(=O)OCCCC. The Morgan fingerprint density at radius 2 is 0.899 bits per heavy atom. The number of ether oxygens (including phenoxy) is 2. The maximum atomic E-state index is 13.8. The molecule has 1 saturated heterocycles. The number of esters is 2. The summed E-state index contributed by atoms with van der Waals surface area (Å²) >= 11 is 0. The molecule has 2 unspecified atom stereocenters.